The fourth-order valence-electron chi connectivity index (χ4n) is 8.34. The summed E-state index contributed by atoms with van der Waals surface area (Å²) in [6.45, 7) is 10.0. The van der Waals surface area contributed by atoms with Gasteiger partial charge in [0.25, 0.3) is 0 Å². The molecule has 18 heteroatoms. The van der Waals surface area contributed by atoms with Crippen LogP contribution in [0.15, 0.2) is 110 Å². The summed E-state index contributed by atoms with van der Waals surface area (Å²) in [7, 11) is -0.494. The zero-order valence-corrected chi connectivity index (χ0v) is 38.8. The molecule has 0 atom stereocenters. The predicted octanol–water partition coefficient (Wildman–Crippen LogP) is 10.7. The average Bonchev–Trinajstić information content (AvgIpc) is 4.00. The summed E-state index contributed by atoms with van der Waals surface area (Å²) in [6, 6.07) is 26.2. The second-order valence-corrected chi connectivity index (χ2v) is 18.6. The molecule has 0 spiro atoms. The highest BCUT2D eigenvalue weighted by molar-refractivity contribution is 6.62. The molecule has 2 fully saturated rings. The first-order valence-electron chi connectivity index (χ1n) is 22.9. The van der Waals surface area contributed by atoms with Gasteiger partial charge in [0.1, 0.15) is 22.9 Å². The van der Waals surface area contributed by atoms with Gasteiger partial charge >= 0.3 is 19.5 Å². The number of carbonyl (C=O) groups is 2. The summed E-state index contributed by atoms with van der Waals surface area (Å²) in [6.07, 6.45) is -1.02. The number of alkyl halides is 6. The number of Topliss-reactive ketones (excluding diaryl/α,β-unsaturated/α-hetero) is 2. The van der Waals surface area contributed by atoms with Crippen LogP contribution in [0.2, 0.25) is 0 Å². The van der Waals surface area contributed by atoms with Gasteiger partial charge in [-0.25, -0.2) is 9.97 Å². The van der Waals surface area contributed by atoms with E-state index in [1.165, 1.54) is 19.3 Å². The van der Waals surface area contributed by atoms with Crippen LogP contribution in [0.3, 0.4) is 0 Å². The van der Waals surface area contributed by atoms with Crippen LogP contribution in [0.25, 0.3) is 45.1 Å². The molecular weight excluding hydrogens is 899 g/mol. The van der Waals surface area contributed by atoms with Crippen molar-refractivity contribution in [2.45, 2.75) is 109 Å². The van der Waals surface area contributed by atoms with Gasteiger partial charge in [-0.2, -0.15) is 26.3 Å². The molecule has 7 heterocycles. The van der Waals surface area contributed by atoms with E-state index in [0.717, 1.165) is 63.8 Å². The number of piperidine rings is 1. The number of nitrogens with zero attached hydrogens (tertiary/aromatic N) is 7. The Morgan fingerprint density at radius 1 is 0.623 bits per heavy atom. The number of imidazole rings is 2. The Morgan fingerprint density at radius 2 is 1.14 bits per heavy atom. The van der Waals surface area contributed by atoms with Crippen molar-refractivity contribution >= 4 is 41.3 Å². The molecule has 0 bridgehead atoms. The quantitative estimate of drug-likeness (QED) is 0.0823. The number of benzene rings is 2. The third-order valence-corrected chi connectivity index (χ3v) is 12.8. The van der Waals surface area contributed by atoms with E-state index < -0.39 is 67.9 Å². The van der Waals surface area contributed by atoms with Crippen LogP contribution in [0, 0.1) is 0 Å². The van der Waals surface area contributed by atoms with Crippen LogP contribution in [-0.4, -0.2) is 84.3 Å². The number of rotatable bonds is 13. The van der Waals surface area contributed by atoms with Gasteiger partial charge in [-0.05, 0) is 112 Å². The molecule has 0 unspecified atom stereocenters. The van der Waals surface area contributed by atoms with E-state index in [1.54, 1.807) is 36.7 Å². The minimum absolute atomic E-state index is 0.0309. The van der Waals surface area contributed by atoms with E-state index in [0.29, 0.717) is 16.8 Å². The Bertz CT molecular complexity index is 2930. The molecule has 2 saturated heterocycles. The number of aromatic nitrogens is 6. The second-order valence-electron chi connectivity index (χ2n) is 18.6. The van der Waals surface area contributed by atoms with Gasteiger partial charge in [-0.15, -0.1) is 10.2 Å². The summed E-state index contributed by atoms with van der Waals surface area (Å²) in [5, 5.41) is 8.86. The van der Waals surface area contributed by atoms with Crippen molar-refractivity contribution in [1.29, 1.82) is 0 Å². The highest BCUT2D eigenvalue weighted by atomic mass is 19.4. The third kappa shape index (κ3) is 12.1. The maximum absolute atomic E-state index is 12.4. The molecule has 0 aliphatic carbocycles. The first-order valence-corrected chi connectivity index (χ1v) is 22.9. The van der Waals surface area contributed by atoms with Gasteiger partial charge in [0.05, 0.1) is 53.5 Å². The van der Waals surface area contributed by atoms with Crippen molar-refractivity contribution in [1.82, 2.24) is 29.0 Å². The Labute approximate surface area is 396 Å². The topological polar surface area (TPSA) is 116 Å². The molecule has 2 aliphatic heterocycles. The largest absolute Gasteiger partial charge is 0.495 e. The fourth-order valence-corrected chi connectivity index (χ4v) is 8.34. The minimum atomic E-state index is -4.33. The summed E-state index contributed by atoms with van der Waals surface area (Å²) in [5.41, 5.74) is 7.74. The molecule has 2 aromatic carbocycles. The Balaban J connectivity index is 0.000000187. The molecule has 0 saturated carbocycles. The number of halogens is 6. The number of fused-ring (bicyclic) bond motifs is 2. The molecule has 11 nitrogen and oxygen atoms in total. The SMILES string of the molecule is CC1(C)OB(c2ccn3c(-c4cccc(CC(=O)CCC(F)(F)F)c4)cnc3c2)OC1(C)C.O=C(CCC(F)(F)F)Cc1cccc(-c2cnc3cc(-c4ccc(N5CCCCC5)nn4)ccn23)c1. The molecule has 2 aliphatic rings. The van der Waals surface area contributed by atoms with Gasteiger partial charge in [-0.3, -0.25) is 18.4 Å². The zero-order valence-electron chi connectivity index (χ0n) is 38.8. The Hall–Kier alpha value is -6.40. The fraction of sp³-hybridized carbons (Fsp3) is 0.373. The van der Waals surface area contributed by atoms with Crippen molar-refractivity contribution in [2.24, 2.45) is 0 Å². The van der Waals surface area contributed by atoms with E-state index in [4.69, 9.17) is 9.31 Å². The predicted molar refractivity (Wildman–Crippen MR) is 252 cm³/mol. The number of hydrogen-bond donors (Lipinski definition) is 0. The van der Waals surface area contributed by atoms with Crippen molar-refractivity contribution in [3.8, 4) is 33.8 Å². The zero-order chi connectivity index (χ0) is 49.1. The van der Waals surface area contributed by atoms with Crippen LogP contribution in [0.1, 0.15) is 83.8 Å². The van der Waals surface area contributed by atoms with Crippen LogP contribution in [-0.2, 0) is 31.7 Å². The number of ketones is 2. The van der Waals surface area contributed by atoms with Gasteiger partial charge in [0, 0.05) is 67.9 Å². The molecule has 0 amide bonds. The molecule has 5 aromatic heterocycles. The average molecular weight is 952 g/mol. The Morgan fingerprint density at radius 3 is 1.65 bits per heavy atom. The Kier molecular flexibility index (Phi) is 14.2. The van der Waals surface area contributed by atoms with Gasteiger partial charge in [0.2, 0.25) is 0 Å². The van der Waals surface area contributed by atoms with E-state index in [-0.39, 0.29) is 12.8 Å². The van der Waals surface area contributed by atoms with E-state index >= 15 is 0 Å². The highest BCUT2D eigenvalue weighted by Gasteiger charge is 2.51. The van der Waals surface area contributed by atoms with Crippen LogP contribution in [0.5, 0.6) is 0 Å². The number of carbonyl (C=O) groups excluding carboxylic acids is 2. The van der Waals surface area contributed by atoms with E-state index in [1.807, 2.05) is 110 Å². The summed E-state index contributed by atoms with van der Waals surface area (Å²) < 4.78 is 90.5. The lowest BCUT2D eigenvalue weighted by molar-refractivity contribution is -0.143. The van der Waals surface area contributed by atoms with Crippen LogP contribution >= 0.6 is 0 Å². The number of hydrogen-bond acceptors (Lipinski definition) is 9. The van der Waals surface area contributed by atoms with Crippen molar-refractivity contribution < 1.29 is 45.2 Å². The standard InChI is InChI=1S/C27H26F3N5O.C24H26BF3N2O3/c28-27(29,30)11-9-22(36)16-19-5-4-6-21(15-19)24-18-31-26-17-20(10-14-35(24)26)23-7-8-25(33-32-23)34-12-2-1-3-13-34;1-22(2)23(3,4)33-25(32-22)18-9-11-30-20(15-29-21(30)14-18)17-7-5-6-16(12-17)13-19(31)8-10-24(26,27)28/h4-8,10,14-15,17-18H,1-3,9,11-13,16H2;5-7,9,11-12,14-15H,8,10,13H2,1-4H3. The molecule has 360 valence electrons. The molecular formula is C51H52BF6N7O4. The van der Waals surface area contributed by atoms with Gasteiger partial charge in [-0.1, -0.05) is 36.4 Å². The molecule has 9 rings (SSSR count). The molecule has 0 radical (unpaired) electrons. The highest BCUT2D eigenvalue weighted by Crippen LogP contribution is 2.37. The first kappa shape index (κ1) is 49.0. The van der Waals surface area contributed by atoms with Gasteiger partial charge in [0.15, 0.2) is 5.82 Å². The molecule has 0 N–H and O–H groups in total. The van der Waals surface area contributed by atoms with Crippen molar-refractivity contribution in [3.05, 3.63) is 121 Å². The third-order valence-electron chi connectivity index (χ3n) is 12.8. The van der Waals surface area contributed by atoms with Gasteiger partial charge < -0.3 is 14.2 Å². The van der Waals surface area contributed by atoms with E-state index in [2.05, 4.69) is 25.1 Å². The monoisotopic (exact) mass is 951 g/mol. The molecule has 69 heavy (non-hydrogen) atoms. The van der Waals surface area contributed by atoms with Crippen molar-refractivity contribution in [3.63, 3.8) is 0 Å². The van der Waals surface area contributed by atoms with Crippen molar-refractivity contribution in [2.75, 3.05) is 18.0 Å². The maximum atomic E-state index is 12.4. The lowest BCUT2D eigenvalue weighted by atomic mass is 9.80. The smallest absolute Gasteiger partial charge is 0.399 e. The lowest BCUT2D eigenvalue weighted by Gasteiger charge is -2.32. The number of pyridine rings is 2. The summed E-state index contributed by atoms with van der Waals surface area (Å²) in [5.74, 6) is 0.0359. The summed E-state index contributed by atoms with van der Waals surface area (Å²) >= 11 is 0. The minimum Gasteiger partial charge on any atom is -0.399 e. The first-order chi connectivity index (χ1) is 32.7. The van der Waals surface area contributed by atoms with E-state index in [9.17, 15) is 35.9 Å². The van der Waals surface area contributed by atoms with Crippen LogP contribution in [0.4, 0.5) is 32.2 Å². The lowest BCUT2D eigenvalue weighted by Crippen LogP contribution is -2.41. The summed E-state index contributed by atoms with van der Waals surface area (Å²) in [4.78, 5) is 35.3. The maximum Gasteiger partial charge on any atom is 0.495 e. The number of anilines is 1. The molecule has 7 aromatic rings. The normalized spacial score (nSPS) is 15.9. The second kappa shape index (κ2) is 19.9. The van der Waals surface area contributed by atoms with Crippen LogP contribution < -0.4 is 10.4 Å².